The van der Waals surface area contributed by atoms with E-state index in [0.717, 1.165) is 42.9 Å². The lowest BCUT2D eigenvalue weighted by Gasteiger charge is -2.27. The van der Waals surface area contributed by atoms with Gasteiger partial charge in [-0.1, -0.05) is 30.3 Å². The minimum absolute atomic E-state index is 0.155. The van der Waals surface area contributed by atoms with Gasteiger partial charge in [-0.05, 0) is 48.9 Å². The predicted octanol–water partition coefficient (Wildman–Crippen LogP) is 3.84. The molecular formula is C21H23NO3. The molecule has 2 aromatic carbocycles. The molecule has 0 radical (unpaired) electrons. The Kier molecular flexibility index (Phi) is 4.35. The van der Waals surface area contributed by atoms with Gasteiger partial charge in [0.15, 0.2) is 11.5 Å². The molecule has 4 rings (SSSR count). The molecule has 130 valence electrons. The van der Waals surface area contributed by atoms with E-state index in [4.69, 9.17) is 9.47 Å². The number of benzene rings is 2. The fourth-order valence-corrected chi connectivity index (χ4v) is 3.46. The highest BCUT2D eigenvalue weighted by molar-refractivity contribution is 5.94. The number of rotatable bonds is 5. The number of carbonyl (C=O) groups excluding carboxylic acids is 1. The third-order valence-corrected chi connectivity index (χ3v) is 4.98. The molecule has 0 saturated heterocycles. The summed E-state index contributed by atoms with van der Waals surface area (Å²) in [6, 6.07) is 14.1. The van der Waals surface area contributed by atoms with Crippen molar-refractivity contribution in [2.75, 3.05) is 19.0 Å². The van der Waals surface area contributed by atoms with E-state index in [1.165, 1.54) is 11.1 Å². The number of nitrogens with one attached hydrogen (secondary N) is 1. The second kappa shape index (κ2) is 6.79. The topological polar surface area (TPSA) is 47.6 Å². The molecular weight excluding hydrogens is 314 g/mol. The molecule has 1 heterocycles. The molecule has 4 heteroatoms. The molecule has 1 amide bonds. The van der Waals surface area contributed by atoms with Gasteiger partial charge in [0.25, 0.3) is 0 Å². The first-order valence-electron chi connectivity index (χ1n) is 8.92. The minimum Gasteiger partial charge on any atom is -0.493 e. The molecule has 1 atom stereocenters. The Morgan fingerprint density at radius 3 is 2.84 bits per heavy atom. The zero-order valence-corrected chi connectivity index (χ0v) is 14.5. The summed E-state index contributed by atoms with van der Waals surface area (Å²) in [5, 5.41) is 3.10. The van der Waals surface area contributed by atoms with Crippen LogP contribution in [0.15, 0.2) is 42.5 Å². The molecule has 2 aromatic rings. The maximum atomic E-state index is 12.1. The van der Waals surface area contributed by atoms with Gasteiger partial charge in [0.05, 0.1) is 13.7 Å². The van der Waals surface area contributed by atoms with Crippen LogP contribution in [0.2, 0.25) is 0 Å². The van der Waals surface area contributed by atoms with Crippen molar-refractivity contribution in [3.05, 3.63) is 53.6 Å². The van der Waals surface area contributed by atoms with Crippen molar-refractivity contribution in [2.45, 2.75) is 25.7 Å². The Hall–Kier alpha value is -2.49. The zero-order valence-electron chi connectivity index (χ0n) is 14.5. The number of ether oxygens (including phenoxy) is 2. The second-order valence-electron chi connectivity index (χ2n) is 6.95. The van der Waals surface area contributed by atoms with E-state index in [9.17, 15) is 4.79 Å². The fraction of sp³-hybridized carbons (Fsp3) is 0.381. The van der Waals surface area contributed by atoms with Gasteiger partial charge in [-0.2, -0.15) is 0 Å². The van der Waals surface area contributed by atoms with E-state index >= 15 is 0 Å². The first kappa shape index (κ1) is 16.0. The summed E-state index contributed by atoms with van der Waals surface area (Å²) in [5.74, 6) is 2.43. The number of hydrogen-bond donors (Lipinski definition) is 1. The van der Waals surface area contributed by atoms with Crippen molar-refractivity contribution in [3.8, 4) is 11.5 Å². The smallest absolute Gasteiger partial charge is 0.227 e. The third-order valence-electron chi connectivity index (χ3n) is 4.98. The Bertz CT molecular complexity index is 782. The number of anilines is 1. The molecule has 2 aliphatic rings. The van der Waals surface area contributed by atoms with E-state index < -0.39 is 0 Å². The minimum atomic E-state index is 0.155. The standard InChI is InChI=1S/C21H23NO3/c1-24-19-8-4-6-17-12-14(13-25-20(17)19)11-16-5-2-3-7-18(16)22-21(23)15-9-10-15/h2-8,14-15H,9-13H2,1H3,(H,22,23)/t14-/m1/s1. The molecule has 1 aliphatic heterocycles. The maximum absolute atomic E-state index is 12.1. The van der Waals surface area contributed by atoms with Crippen LogP contribution in [0.1, 0.15) is 24.0 Å². The first-order valence-corrected chi connectivity index (χ1v) is 8.92. The van der Waals surface area contributed by atoms with Crippen molar-refractivity contribution in [2.24, 2.45) is 11.8 Å². The van der Waals surface area contributed by atoms with Gasteiger partial charge >= 0.3 is 0 Å². The SMILES string of the molecule is COc1cccc2c1OC[C@H](Cc1ccccc1NC(=O)C1CC1)C2. The van der Waals surface area contributed by atoms with Gasteiger partial charge in [-0.3, -0.25) is 4.79 Å². The number of hydrogen-bond acceptors (Lipinski definition) is 3. The number of amides is 1. The lowest BCUT2D eigenvalue weighted by molar-refractivity contribution is -0.117. The van der Waals surface area contributed by atoms with Crippen molar-refractivity contribution in [1.82, 2.24) is 0 Å². The van der Waals surface area contributed by atoms with Crippen molar-refractivity contribution >= 4 is 11.6 Å². The van der Waals surface area contributed by atoms with Crippen molar-refractivity contribution < 1.29 is 14.3 Å². The summed E-state index contributed by atoms with van der Waals surface area (Å²) in [7, 11) is 1.67. The third kappa shape index (κ3) is 3.48. The van der Waals surface area contributed by atoms with E-state index in [1.807, 2.05) is 30.3 Å². The Morgan fingerprint density at radius 2 is 2.04 bits per heavy atom. The van der Waals surface area contributed by atoms with E-state index in [2.05, 4.69) is 17.4 Å². The lowest BCUT2D eigenvalue weighted by Crippen LogP contribution is -2.24. The van der Waals surface area contributed by atoms with Crippen LogP contribution in [0, 0.1) is 11.8 Å². The Morgan fingerprint density at radius 1 is 1.20 bits per heavy atom. The van der Waals surface area contributed by atoms with Crippen LogP contribution in [0.4, 0.5) is 5.69 Å². The van der Waals surface area contributed by atoms with Crippen molar-refractivity contribution in [3.63, 3.8) is 0 Å². The first-order chi connectivity index (χ1) is 12.2. The van der Waals surface area contributed by atoms with E-state index in [0.29, 0.717) is 12.5 Å². The van der Waals surface area contributed by atoms with Crippen LogP contribution in [0.5, 0.6) is 11.5 Å². The molecule has 0 bridgehead atoms. The fourth-order valence-electron chi connectivity index (χ4n) is 3.46. The molecule has 1 fully saturated rings. The van der Waals surface area contributed by atoms with Crippen LogP contribution in [-0.4, -0.2) is 19.6 Å². The quantitative estimate of drug-likeness (QED) is 0.902. The molecule has 1 N–H and O–H groups in total. The van der Waals surface area contributed by atoms with Crippen molar-refractivity contribution in [1.29, 1.82) is 0 Å². The monoisotopic (exact) mass is 337 g/mol. The highest BCUT2D eigenvalue weighted by Gasteiger charge is 2.30. The number of para-hydroxylation sites is 2. The zero-order chi connectivity index (χ0) is 17.2. The summed E-state index contributed by atoms with van der Waals surface area (Å²) in [6.45, 7) is 0.665. The van der Waals surface area contributed by atoms with E-state index in [-0.39, 0.29) is 11.8 Å². The predicted molar refractivity (Wildman–Crippen MR) is 97.2 cm³/mol. The Labute approximate surface area is 148 Å². The lowest BCUT2D eigenvalue weighted by atomic mass is 9.90. The second-order valence-corrected chi connectivity index (χ2v) is 6.95. The summed E-state index contributed by atoms with van der Waals surface area (Å²) < 4.78 is 11.4. The van der Waals surface area contributed by atoms with Gasteiger partial charge in [-0.25, -0.2) is 0 Å². The summed E-state index contributed by atoms with van der Waals surface area (Å²) in [5.41, 5.74) is 3.31. The highest BCUT2D eigenvalue weighted by atomic mass is 16.5. The molecule has 0 spiro atoms. The molecule has 25 heavy (non-hydrogen) atoms. The molecule has 0 aromatic heterocycles. The molecule has 1 saturated carbocycles. The van der Waals surface area contributed by atoms with Crippen LogP contribution >= 0.6 is 0 Å². The largest absolute Gasteiger partial charge is 0.493 e. The van der Waals surface area contributed by atoms with Gasteiger partial charge < -0.3 is 14.8 Å². The van der Waals surface area contributed by atoms with Gasteiger partial charge in [0.1, 0.15) is 0 Å². The van der Waals surface area contributed by atoms with Crippen LogP contribution in [0.25, 0.3) is 0 Å². The summed E-state index contributed by atoms with van der Waals surface area (Å²) in [4.78, 5) is 12.1. The van der Waals surface area contributed by atoms with E-state index in [1.54, 1.807) is 7.11 Å². The summed E-state index contributed by atoms with van der Waals surface area (Å²) in [6.07, 6.45) is 3.88. The van der Waals surface area contributed by atoms with Gasteiger partial charge in [0, 0.05) is 17.5 Å². The average Bonchev–Trinajstić information content (AvgIpc) is 3.48. The maximum Gasteiger partial charge on any atom is 0.227 e. The summed E-state index contributed by atoms with van der Waals surface area (Å²) >= 11 is 0. The number of methoxy groups -OCH3 is 1. The number of carbonyl (C=O) groups is 1. The van der Waals surface area contributed by atoms with Crippen LogP contribution in [-0.2, 0) is 17.6 Å². The Balaban J connectivity index is 1.48. The number of fused-ring (bicyclic) bond motifs is 1. The average molecular weight is 337 g/mol. The molecule has 4 nitrogen and oxygen atoms in total. The molecule has 1 aliphatic carbocycles. The normalized spacial score (nSPS) is 18.8. The highest BCUT2D eigenvalue weighted by Crippen LogP contribution is 2.37. The van der Waals surface area contributed by atoms with Gasteiger partial charge in [-0.15, -0.1) is 0 Å². The van der Waals surface area contributed by atoms with Gasteiger partial charge in [0.2, 0.25) is 5.91 Å². The van der Waals surface area contributed by atoms with Crippen LogP contribution in [0.3, 0.4) is 0 Å². The molecule has 0 unspecified atom stereocenters. The van der Waals surface area contributed by atoms with Crippen LogP contribution < -0.4 is 14.8 Å².